The Morgan fingerprint density at radius 2 is 1.70 bits per heavy atom. The van der Waals surface area contributed by atoms with Gasteiger partial charge in [-0.3, -0.25) is 4.79 Å². The second kappa shape index (κ2) is 10.1. The summed E-state index contributed by atoms with van der Waals surface area (Å²) >= 11 is 0. The molecule has 1 heterocycles. The van der Waals surface area contributed by atoms with Gasteiger partial charge in [0, 0.05) is 29.8 Å². The summed E-state index contributed by atoms with van der Waals surface area (Å²) in [6.45, 7) is 7.52. The number of nitrogens with zero attached hydrogens (tertiary/aromatic N) is 1. The van der Waals surface area contributed by atoms with Gasteiger partial charge in [-0.15, -0.1) is 5.92 Å². The molecule has 0 fully saturated rings. The first kappa shape index (κ1) is 23.2. The van der Waals surface area contributed by atoms with Gasteiger partial charge in [0.05, 0.1) is 10.6 Å². The van der Waals surface area contributed by atoms with Crippen molar-refractivity contribution in [3.05, 3.63) is 59.0 Å². The van der Waals surface area contributed by atoms with Gasteiger partial charge in [-0.25, -0.2) is 8.42 Å². The summed E-state index contributed by atoms with van der Waals surface area (Å²) < 4.78 is 32.1. The van der Waals surface area contributed by atoms with Crippen LogP contribution < -0.4 is 10.3 Å². The van der Waals surface area contributed by atoms with Gasteiger partial charge in [0.1, 0.15) is 12.4 Å². The minimum atomic E-state index is -3.39. The third-order valence-corrected chi connectivity index (χ3v) is 6.28. The molecule has 0 aliphatic rings. The lowest BCUT2D eigenvalue weighted by atomic mass is 10.00. The van der Waals surface area contributed by atoms with Crippen molar-refractivity contribution >= 4 is 20.6 Å². The first-order chi connectivity index (χ1) is 14.4. The number of aryl methyl sites for hydroxylation is 1. The van der Waals surface area contributed by atoms with Crippen LogP contribution in [0.4, 0.5) is 0 Å². The smallest absolute Gasteiger partial charge is 0.258 e. The molecule has 0 N–H and O–H groups in total. The van der Waals surface area contributed by atoms with Crippen LogP contribution in [0, 0.1) is 11.8 Å². The zero-order chi connectivity index (χ0) is 22.3. The Bertz CT molecular complexity index is 1260. The molecule has 5 nitrogen and oxygen atoms in total. The Morgan fingerprint density at radius 1 is 1.03 bits per heavy atom. The summed E-state index contributed by atoms with van der Waals surface area (Å²) in [7, 11) is -1.72. The van der Waals surface area contributed by atoms with Crippen molar-refractivity contribution in [2.45, 2.75) is 32.6 Å². The predicted molar refractivity (Wildman–Crippen MR) is 123 cm³/mol. The van der Waals surface area contributed by atoms with E-state index in [0.717, 1.165) is 10.9 Å². The van der Waals surface area contributed by atoms with Gasteiger partial charge in [0.15, 0.2) is 9.84 Å². The standard InChI is InChI=1S/C22H21NO4S.C2H6/c1-4-6-13-27-21-12-11-16(28(25,26)5-2)14-19(21)20-15-23(3)22(24)18-10-8-7-9-17(18)20;1-2/h7-12,14-15H,5,13H2,1-3H3;1-2H3. The van der Waals surface area contributed by atoms with Gasteiger partial charge >= 0.3 is 0 Å². The molecule has 2 aromatic carbocycles. The summed E-state index contributed by atoms with van der Waals surface area (Å²) in [5.74, 6) is 6.13. The van der Waals surface area contributed by atoms with E-state index in [0.29, 0.717) is 16.7 Å². The van der Waals surface area contributed by atoms with Crippen LogP contribution in [0.5, 0.6) is 5.75 Å². The second-order valence-electron chi connectivity index (χ2n) is 6.28. The van der Waals surface area contributed by atoms with Gasteiger partial charge in [-0.2, -0.15) is 0 Å². The number of aromatic nitrogens is 1. The highest BCUT2D eigenvalue weighted by Gasteiger charge is 2.18. The van der Waals surface area contributed by atoms with Crippen LogP contribution in [0.3, 0.4) is 0 Å². The van der Waals surface area contributed by atoms with Crippen LogP contribution in [0.1, 0.15) is 27.7 Å². The molecule has 0 aliphatic carbocycles. The highest BCUT2D eigenvalue weighted by molar-refractivity contribution is 7.91. The highest BCUT2D eigenvalue weighted by Crippen LogP contribution is 2.36. The predicted octanol–water partition coefficient (Wildman–Crippen LogP) is 4.43. The quantitative estimate of drug-likeness (QED) is 0.568. The molecule has 0 spiro atoms. The lowest BCUT2D eigenvalue weighted by Gasteiger charge is -2.15. The topological polar surface area (TPSA) is 65.4 Å². The number of rotatable bonds is 5. The van der Waals surface area contributed by atoms with Crippen LogP contribution in [0.15, 0.2) is 58.4 Å². The molecule has 0 radical (unpaired) electrons. The van der Waals surface area contributed by atoms with Crippen LogP contribution in [0.25, 0.3) is 21.9 Å². The normalized spacial score (nSPS) is 10.6. The Kier molecular flexibility index (Phi) is 7.85. The molecule has 30 heavy (non-hydrogen) atoms. The van der Waals surface area contributed by atoms with Gasteiger partial charge in [-0.1, -0.05) is 44.9 Å². The number of ether oxygens (including phenoxy) is 1. The third kappa shape index (κ3) is 4.74. The van der Waals surface area contributed by atoms with Crippen molar-refractivity contribution in [3.63, 3.8) is 0 Å². The average Bonchev–Trinajstić information content (AvgIpc) is 2.78. The van der Waals surface area contributed by atoms with E-state index in [-0.39, 0.29) is 22.8 Å². The van der Waals surface area contributed by atoms with Crippen molar-refractivity contribution in [2.75, 3.05) is 12.4 Å². The Morgan fingerprint density at radius 3 is 2.33 bits per heavy atom. The van der Waals surface area contributed by atoms with Gasteiger partial charge < -0.3 is 9.30 Å². The summed E-state index contributed by atoms with van der Waals surface area (Å²) in [4.78, 5) is 12.7. The molecule has 0 atom stereocenters. The van der Waals surface area contributed by atoms with Crippen LogP contribution in [0.2, 0.25) is 0 Å². The largest absolute Gasteiger partial charge is 0.480 e. The van der Waals surface area contributed by atoms with E-state index in [1.54, 1.807) is 57.4 Å². The van der Waals surface area contributed by atoms with E-state index in [4.69, 9.17) is 4.74 Å². The van der Waals surface area contributed by atoms with E-state index in [9.17, 15) is 13.2 Å². The molecule has 0 aliphatic heterocycles. The molecule has 0 saturated carbocycles. The SMILES string of the molecule is CC.CC#CCOc1ccc(S(=O)(=O)CC)cc1-c1cn(C)c(=O)c2ccccc12. The number of hydrogen-bond donors (Lipinski definition) is 0. The van der Waals surface area contributed by atoms with E-state index in [2.05, 4.69) is 11.8 Å². The molecule has 3 rings (SSSR count). The molecule has 0 unspecified atom stereocenters. The van der Waals surface area contributed by atoms with Crippen molar-refractivity contribution in [1.82, 2.24) is 4.57 Å². The molecule has 6 heteroatoms. The van der Waals surface area contributed by atoms with Crippen molar-refractivity contribution in [2.24, 2.45) is 7.05 Å². The van der Waals surface area contributed by atoms with E-state index >= 15 is 0 Å². The second-order valence-corrected chi connectivity index (χ2v) is 8.56. The average molecular weight is 426 g/mol. The zero-order valence-electron chi connectivity index (χ0n) is 18.0. The summed E-state index contributed by atoms with van der Waals surface area (Å²) in [5, 5.41) is 1.30. The van der Waals surface area contributed by atoms with Gasteiger partial charge in [-0.05, 0) is 36.6 Å². The van der Waals surface area contributed by atoms with Gasteiger partial charge in [0.2, 0.25) is 0 Å². The monoisotopic (exact) mass is 425 g/mol. The number of pyridine rings is 1. The third-order valence-electron chi connectivity index (χ3n) is 4.55. The Labute approximate surface area is 178 Å². The molecule has 0 amide bonds. The molecule has 0 saturated heterocycles. The Balaban J connectivity index is 0.00000155. The van der Waals surface area contributed by atoms with Crippen molar-refractivity contribution in [1.29, 1.82) is 0 Å². The first-order valence-corrected chi connectivity index (χ1v) is 11.5. The minimum Gasteiger partial charge on any atom is -0.480 e. The van der Waals surface area contributed by atoms with Crippen LogP contribution >= 0.6 is 0 Å². The zero-order valence-corrected chi connectivity index (χ0v) is 18.8. The maximum Gasteiger partial charge on any atom is 0.258 e. The highest BCUT2D eigenvalue weighted by atomic mass is 32.2. The fourth-order valence-corrected chi connectivity index (χ4v) is 3.93. The van der Waals surface area contributed by atoms with Crippen molar-refractivity contribution < 1.29 is 13.2 Å². The van der Waals surface area contributed by atoms with E-state index in [1.165, 1.54) is 4.57 Å². The minimum absolute atomic E-state index is 0.00196. The van der Waals surface area contributed by atoms with E-state index in [1.807, 2.05) is 26.0 Å². The fraction of sp³-hybridized carbons (Fsp3) is 0.292. The molecular weight excluding hydrogens is 398 g/mol. The lowest BCUT2D eigenvalue weighted by Crippen LogP contribution is -2.16. The van der Waals surface area contributed by atoms with Gasteiger partial charge in [0.25, 0.3) is 5.56 Å². The molecular formula is C24H27NO4S. The molecule has 3 aromatic rings. The summed E-state index contributed by atoms with van der Waals surface area (Å²) in [6.07, 6.45) is 1.71. The summed E-state index contributed by atoms with van der Waals surface area (Å²) in [5.41, 5.74) is 1.22. The van der Waals surface area contributed by atoms with E-state index < -0.39 is 9.84 Å². The van der Waals surface area contributed by atoms with Crippen LogP contribution in [-0.2, 0) is 16.9 Å². The number of fused-ring (bicyclic) bond motifs is 1. The van der Waals surface area contributed by atoms with Crippen LogP contribution in [-0.4, -0.2) is 25.3 Å². The molecule has 1 aromatic heterocycles. The molecule has 158 valence electrons. The number of sulfone groups is 1. The maximum atomic E-state index is 12.5. The fourth-order valence-electron chi connectivity index (χ4n) is 3.02. The van der Waals surface area contributed by atoms with Crippen molar-refractivity contribution in [3.8, 4) is 28.7 Å². The first-order valence-electron chi connectivity index (χ1n) is 9.87. The Hall–Kier alpha value is -3.04. The number of benzene rings is 2. The summed E-state index contributed by atoms with van der Waals surface area (Å²) in [6, 6.07) is 12.1. The maximum absolute atomic E-state index is 12.5. The lowest BCUT2D eigenvalue weighted by molar-refractivity contribution is 0.371. The molecule has 0 bridgehead atoms. The number of hydrogen-bond acceptors (Lipinski definition) is 4.